The van der Waals surface area contributed by atoms with Gasteiger partial charge < -0.3 is 9.84 Å². The summed E-state index contributed by atoms with van der Waals surface area (Å²) in [5.41, 5.74) is 2.71. The van der Waals surface area contributed by atoms with Crippen molar-refractivity contribution in [1.29, 1.82) is 0 Å². The molecule has 1 aliphatic carbocycles. The lowest BCUT2D eigenvalue weighted by Gasteiger charge is -2.10. The van der Waals surface area contributed by atoms with Gasteiger partial charge in [0.1, 0.15) is 12.0 Å². The summed E-state index contributed by atoms with van der Waals surface area (Å²) in [6.07, 6.45) is 2.52. The zero-order valence-electron chi connectivity index (χ0n) is 17.2. The molecule has 1 aromatic carbocycles. The Bertz CT molecular complexity index is 1430. The van der Waals surface area contributed by atoms with Gasteiger partial charge in [-0.3, -0.25) is 4.79 Å². The second kappa shape index (κ2) is 7.57. The molecule has 160 valence electrons. The minimum absolute atomic E-state index is 0.00708. The van der Waals surface area contributed by atoms with Crippen molar-refractivity contribution in [3.05, 3.63) is 65.1 Å². The molecule has 3 heterocycles. The number of nitrogens with one attached hydrogen (secondary N) is 1. The molecule has 32 heavy (non-hydrogen) atoms. The van der Waals surface area contributed by atoms with Gasteiger partial charge in [0.05, 0.1) is 28.8 Å². The smallest absolute Gasteiger partial charge is 0.259 e. The molecule has 0 bridgehead atoms. The predicted molar refractivity (Wildman–Crippen MR) is 112 cm³/mol. The summed E-state index contributed by atoms with van der Waals surface area (Å²) in [5, 5.41) is 10.8. The fourth-order valence-electron chi connectivity index (χ4n) is 3.46. The molecule has 1 fully saturated rings. The van der Waals surface area contributed by atoms with E-state index in [4.69, 9.17) is 4.52 Å². The molecule has 5 rings (SSSR count). The molecule has 0 unspecified atom stereocenters. The Morgan fingerprint density at radius 1 is 1.34 bits per heavy atom. The minimum atomic E-state index is -1.00. The maximum atomic E-state index is 14.6. The van der Waals surface area contributed by atoms with Crippen molar-refractivity contribution in [2.45, 2.75) is 32.4 Å². The topological polar surface area (TPSA) is 85.3 Å². The number of nitrogens with zero attached hydrogens (tertiary/aromatic N) is 4. The Hall–Kier alpha value is -4.06. The molecule has 1 N–H and O–H groups in total. The zero-order valence-corrected chi connectivity index (χ0v) is 17.2. The van der Waals surface area contributed by atoms with Crippen molar-refractivity contribution in [3.63, 3.8) is 0 Å². The molecule has 0 aliphatic heterocycles. The van der Waals surface area contributed by atoms with Crippen molar-refractivity contribution < 1.29 is 18.1 Å². The summed E-state index contributed by atoms with van der Waals surface area (Å²) < 4.78 is 34.5. The predicted octanol–water partition coefficient (Wildman–Crippen LogP) is 4.28. The van der Waals surface area contributed by atoms with Crippen LogP contribution in [0.4, 0.5) is 14.5 Å². The van der Waals surface area contributed by atoms with E-state index in [0.717, 1.165) is 5.56 Å². The maximum Gasteiger partial charge on any atom is 0.259 e. The zero-order chi connectivity index (χ0) is 22.4. The Kier molecular flexibility index (Phi) is 4.70. The maximum absolute atomic E-state index is 14.6. The highest BCUT2D eigenvalue weighted by molar-refractivity contribution is 6.09. The van der Waals surface area contributed by atoms with Crippen LogP contribution >= 0.6 is 0 Å². The van der Waals surface area contributed by atoms with E-state index < -0.39 is 23.8 Å². The lowest BCUT2D eigenvalue weighted by Crippen LogP contribution is -2.13. The first kappa shape index (κ1) is 19.9. The quantitative estimate of drug-likeness (QED) is 0.486. The van der Waals surface area contributed by atoms with Gasteiger partial charge in [-0.25, -0.2) is 13.3 Å². The van der Waals surface area contributed by atoms with Crippen LogP contribution in [0.15, 0.2) is 41.2 Å². The Morgan fingerprint density at radius 2 is 2.16 bits per heavy atom. The fraction of sp³-hybridized carbons (Fsp3) is 0.217. The number of hydrogen-bond donors (Lipinski definition) is 1. The van der Waals surface area contributed by atoms with E-state index in [1.165, 1.54) is 18.3 Å². The summed E-state index contributed by atoms with van der Waals surface area (Å²) in [6.45, 7) is 3.42. The number of benzene rings is 1. The first-order valence-electron chi connectivity index (χ1n) is 9.94. The van der Waals surface area contributed by atoms with Gasteiger partial charge in [0.2, 0.25) is 11.7 Å². The van der Waals surface area contributed by atoms with Crippen LogP contribution in [0.25, 0.3) is 16.9 Å². The number of amides is 1. The Balaban J connectivity index is 1.44. The number of carbonyl (C=O) groups excluding carboxylic acids is 1. The van der Waals surface area contributed by atoms with Crippen LogP contribution in [-0.2, 0) is 0 Å². The molecule has 1 saturated carbocycles. The Morgan fingerprint density at radius 3 is 2.91 bits per heavy atom. The lowest BCUT2D eigenvalue weighted by molar-refractivity contribution is 0.102. The van der Waals surface area contributed by atoms with Crippen LogP contribution in [-0.4, -0.2) is 31.8 Å². The van der Waals surface area contributed by atoms with Gasteiger partial charge >= 0.3 is 0 Å². The monoisotopic (exact) mass is 433 g/mol. The molecule has 3 aromatic heterocycles. The van der Waals surface area contributed by atoms with Crippen LogP contribution in [0.5, 0.6) is 0 Å². The van der Waals surface area contributed by atoms with Gasteiger partial charge in [-0.2, -0.15) is 10.1 Å². The van der Waals surface area contributed by atoms with Gasteiger partial charge in [0, 0.05) is 17.4 Å². The van der Waals surface area contributed by atoms with E-state index in [1.807, 2.05) is 0 Å². The van der Waals surface area contributed by atoms with E-state index in [9.17, 15) is 13.6 Å². The number of fused-ring (bicyclic) bond motifs is 1. The number of halogens is 2. The van der Waals surface area contributed by atoms with Crippen molar-refractivity contribution in [2.75, 3.05) is 5.32 Å². The summed E-state index contributed by atoms with van der Waals surface area (Å²) in [6, 6.07) is 6.29. The number of pyridine rings is 1. The second-order valence-electron chi connectivity index (χ2n) is 7.60. The van der Waals surface area contributed by atoms with Crippen molar-refractivity contribution in [2.24, 2.45) is 0 Å². The number of aromatic nitrogens is 4. The van der Waals surface area contributed by atoms with Crippen LogP contribution < -0.4 is 5.32 Å². The first-order chi connectivity index (χ1) is 15.4. The third kappa shape index (κ3) is 3.50. The molecule has 1 amide bonds. The summed E-state index contributed by atoms with van der Waals surface area (Å²) in [7, 11) is 0. The number of alkyl halides is 1. The highest BCUT2D eigenvalue weighted by Crippen LogP contribution is 2.43. The summed E-state index contributed by atoms with van der Waals surface area (Å²) in [5.74, 6) is 4.52. The average Bonchev–Trinajstić information content (AvgIpc) is 3.16. The van der Waals surface area contributed by atoms with Crippen molar-refractivity contribution >= 4 is 17.1 Å². The van der Waals surface area contributed by atoms with Crippen molar-refractivity contribution in [1.82, 2.24) is 19.8 Å². The molecular formula is C23H17F2N5O2. The molecular weight excluding hydrogens is 416 g/mol. The largest absolute Gasteiger partial charge is 0.339 e. The van der Waals surface area contributed by atoms with Gasteiger partial charge in [0.25, 0.3) is 5.91 Å². The highest BCUT2D eigenvalue weighted by Gasteiger charge is 2.43. The number of carbonyl (C=O) groups is 1. The molecule has 1 aliphatic rings. The van der Waals surface area contributed by atoms with E-state index in [2.05, 4.69) is 32.4 Å². The fourth-order valence-corrected chi connectivity index (χ4v) is 3.46. The van der Waals surface area contributed by atoms with Crippen LogP contribution in [0.2, 0.25) is 0 Å². The van der Waals surface area contributed by atoms with E-state index in [-0.39, 0.29) is 17.3 Å². The lowest BCUT2D eigenvalue weighted by atomic mass is 10.1. The number of aryl methyl sites for hydroxylation is 1. The van der Waals surface area contributed by atoms with E-state index >= 15 is 0 Å². The van der Waals surface area contributed by atoms with Crippen LogP contribution in [0.1, 0.15) is 46.6 Å². The molecule has 0 saturated heterocycles. The number of anilines is 1. The van der Waals surface area contributed by atoms with Gasteiger partial charge in [-0.05, 0) is 50.1 Å². The third-order valence-corrected chi connectivity index (χ3v) is 5.30. The van der Waals surface area contributed by atoms with Crippen molar-refractivity contribution in [3.8, 4) is 23.2 Å². The second-order valence-corrected chi connectivity index (χ2v) is 7.60. The summed E-state index contributed by atoms with van der Waals surface area (Å²) in [4.78, 5) is 17.1. The molecule has 0 radical (unpaired) electrons. The molecule has 2 atom stereocenters. The third-order valence-electron chi connectivity index (χ3n) is 5.30. The minimum Gasteiger partial charge on any atom is -0.339 e. The molecule has 7 nitrogen and oxygen atoms in total. The van der Waals surface area contributed by atoms with E-state index in [1.54, 1.807) is 36.7 Å². The van der Waals surface area contributed by atoms with Gasteiger partial charge in [-0.15, -0.1) is 5.92 Å². The first-order valence-corrected chi connectivity index (χ1v) is 9.94. The molecule has 0 spiro atoms. The summed E-state index contributed by atoms with van der Waals surface area (Å²) >= 11 is 0. The number of rotatable bonds is 4. The van der Waals surface area contributed by atoms with Crippen LogP contribution in [0, 0.1) is 24.6 Å². The normalized spacial score (nSPS) is 17.1. The van der Waals surface area contributed by atoms with Gasteiger partial charge in [0.15, 0.2) is 0 Å². The van der Waals surface area contributed by atoms with E-state index in [0.29, 0.717) is 28.8 Å². The molecule has 4 aromatic rings. The standard InChI is InChI=1S/C23H17F2N5O2/c1-3-4-13-5-6-20-16(10-26-30(20)11-13)22(31)27-19-9-14(17(24)7-12(19)2)21-28-23(32-29-21)15-8-18(15)25/h5-7,9-11,15,18H,8H2,1-2H3,(H,27,31)/t15-,18-/m0/s1. The Labute approximate surface area is 181 Å². The average molecular weight is 433 g/mol. The molecule has 9 heteroatoms. The SMILES string of the molecule is CC#Cc1ccc2c(C(=O)Nc3cc(-c4noc([C@H]5C[C@@H]5F)n4)c(F)cc3C)cnn2c1. The highest BCUT2D eigenvalue weighted by atomic mass is 19.1. The van der Waals surface area contributed by atoms with Crippen LogP contribution in [0.3, 0.4) is 0 Å². The van der Waals surface area contributed by atoms with Gasteiger partial charge in [-0.1, -0.05) is 11.1 Å². The number of hydrogen-bond acceptors (Lipinski definition) is 5.